The highest BCUT2D eigenvalue weighted by molar-refractivity contribution is 4.91. The van der Waals surface area contributed by atoms with Crippen LogP contribution in [0.25, 0.3) is 0 Å². The first kappa shape index (κ1) is 11.5. The molecule has 0 rings (SSSR count). The Morgan fingerprint density at radius 2 is 1.92 bits per heavy atom. The second kappa shape index (κ2) is 5.23. The van der Waals surface area contributed by atoms with Crippen molar-refractivity contribution < 1.29 is 4.74 Å². The third kappa shape index (κ3) is 4.42. The number of ether oxygens (including phenoxy) is 1. The monoisotopic (exact) mass is 170 g/mol. The SMILES string of the molecule is CC=C(CC)OC(C)(C)CCC. The first-order chi connectivity index (χ1) is 5.55. The smallest absolute Gasteiger partial charge is 0.103 e. The average Bonchev–Trinajstić information content (AvgIpc) is 2.00. The third-order valence-electron chi connectivity index (χ3n) is 1.93. The third-order valence-corrected chi connectivity index (χ3v) is 1.93. The van der Waals surface area contributed by atoms with Gasteiger partial charge in [-0.2, -0.15) is 0 Å². The summed E-state index contributed by atoms with van der Waals surface area (Å²) in [5.41, 5.74) is 0.00655. The molecule has 0 N–H and O–H groups in total. The van der Waals surface area contributed by atoms with Gasteiger partial charge in [-0.15, -0.1) is 0 Å². The van der Waals surface area contributed by atoms with Crippen LogP contribution in [-0.2, 0) is 4.74 Å². The van der Waals surface area contributed by atoms with E-state index in [0.29, 0.717) is 0 Å². The van der Waals surface area contributed by atoms with E-state index in [4.69, 9.17) is 4.74 Å². The molecule has 1 heteroatoms. The van der Waals surface area contributed by atoms with Gasteiger partial charge in [0.1, 0.15) is 5.60 Å². The molecule has 0 aliphatic heterocycles. The first-order valence-corrected chi connectivity index (χ1v) is 4.90. The van der Waals surface area contributed by atoms with Gasteiger partial charge in [0.2, 0.25) is 0 Å². The molecule has 0 saturated carbocycles. The van der Waals surface area contributed by atoms with Crippen LogP contribution in [0.15, 0.2) is 11.8 Å². The fourth-order valence-electron chi connectivity index (χ4n) is 1.34. The lowest BCUT2D eigenvalue weighted by Gasteiger charge is -2.27. The summed E-state index contributed by atoms with van der Waals surface area (Å²) in [5, 5.41) is 0. The van der Waals surface area contributed by atoms with Gasteiger partial charge in [-0.3, -0.25) is 0 Å². The Kier molecular flexibility index (Phi) is 5.03. The van der Waals surface area contributed by atoms with Gasteiger partial charge in [0.15, 0.2) is 0 Å². The predicted molar refractivity (Wildman–Crippen MR) is 54.1 cm³/mol. The van der Waals surface area contributed by atoms with Crippen molar-refractivity contribution in [2.24, 2.45) is 0 Å². The van der Waals surface area contributed by atoms with Gasteiger partial charge in [0.25, 0.3) is 0 Å². The molecule has 0 spiro atoms. The lowest BCUT2D eigenvalue weighted by molar-refractivity contribution is 0.0228. The van der Waals surface area contributed by atoms with Crippen LogP contribution in [-0.4, -0.2) is 5.60 Å². The Labute approximate surface area is 76.8 Å². The maximum Gasteiger partial charge on any atom is 0.103 e. The van der Waals surface area contributed by atoms with E-state index in [9.17, 15) is 0 Å². The summed E-state index contributed by atoms with van der Waals surface area (Å²) in [6, 6.07) is 0. The summed E-state index contributed by atoms with van der Waals surface area (Å²) >= 11 is 0. The number of hydrogen-bond donors (Lipinski definition) is 0. The minimum Gasteiger partial charge on any atom is -0.493 e. The molecule has 1 nitrogen and oxygen atoms in total. The average molecular weight is 170 g/mol. The molecule has 0 atom stereocenters. The molecular weight excluding hydrogens is 148 g/mol. The summed E-state index contributed by atoms with van der Waals surface area (Å²) in [7, 11) is 0. The molecule has 0 fully saturated rings. The predicted octanol–water partition coefficient (Wildman–Crippen LogP) is 3.90. The van der Waals surface area contributed by atoms with Gasteiger partial charge in [-0.05, 0) is 33.3 Å². The molecule has 0 aliphatic carbocycles. The van der Waals surface area contributed by atoms with E-state index in [2.05, 4.69) is 33.8 Å². The van der Waals surface area contributed by atoms with E-state index in [1.54, 1.807) is 0 Å². The van der Waals surface area contributed by atoms with Crippen LogP contribution >= 0.6 is 0 Å². The molecule has 0 aromatic rings. The van der Waals surface area contributed by atoms with E-state index >= 15 is 0 Å². The minimum absolute atomic E-state index is 0.00655. The molecule has 72 valence electrons. The molecule has 0 unspecified atom stereocenters. The van der Waals surface area contributed by atoms with Crippen molar-refractivity contribution in [1.29, 1.82) is 0 Å². The van der Waals surface area contributed by atoms with Crippen LogP contribution in [0.4, 0.5) is 0 Å². The zero-order valence-electron chi connectivity index (χ0n) is 9.11. The summed E-state index contributed by atoms with van der Waals surface area (Å²) in [5.74, 6) is 1.11. The first-order valence-electron chi connectivity index (χ1n) is 4.90. The Morgan fingerprint density at radius 3 is 2.25 bits per heavy atom. The molecule has 0 aromatic carbocycles. The molecule has 0 radical (unpaired) electrons. The zero-order valence-corrected chi connectivity index (χ0v) is 9.11. The normalized spacial score (nSPS) is 13.2. The lowest BCUT2D eigenvalue weighted by atomic mass is 10.0. The summed E-state index contributed by atoms with van der Waals surface area (Å²) < 4.78 is 5.84. The summed E-state index contributed by atoms with van der Waals surface area (Å²) in [4.78, 5) is 0. The maximum absolute atomic E-state index is 5.84. The molecule has 0 amide bonds. The van der Waals surface area contributed by atoms with E-state index in [0.717, 1.165) is 18.6 Å². The topological polar surface area (TPSA) is 9.23 Å². The molecule has 0 aromatic heterocycles. The Morgan fingerprint density at radius 1 is 1.33 bits per heavy atom. The van der Waals surface area contributed by atoms with E-state index < -0.39 is 0 Å². The van der Waals surface area contributed by atoms with Crippen LogP contribution in [0.2, 0.25) is 0 Å². The van der Waals surface area contributed by atoms with E-state index in [-0.39, 0.29) is 5.60 Å². The van der Waals surface area contributed by atoms with Crippen LogP contribution in [0.1, 0.15) is 53.9 Å². The Balaban J connectivity index is 4.03. The molecule has 12 heavy (non-hydrogen) atoms. The number of rotatable bonds is 5. The largest absolute Gasteiger partial charge is 0.493 e. The van der Waals surface area contributed by atoms with Gasteiger partial charge in [-0.1, -0.05) is 20.3 Å². The zero-order chi connectivity index (χ0) is 9.61. The van der Waals surface area contributed by atoms with Crippen molar-refractivity contribution in [1.82, 2.24) is 0 Å². The molecule has 0 bridgehead atoms. The van der Waals surface area contributed by atoms with Crippen LogP contribution in [0.5, 0.6) is 0 Å². The fraction of sp³-hybridized carbons (Fsp3) is 0.818. The highest BCUT2D eigenvalue weighted by Crippen LogP contribution is 2.21. The number of allylic oxidation sites excluding steroid dienone is 2. The van der Waals surface area contributed by atoms with Crippen molar-refractivity contribution in [3.8, 4) is 0 Å². The lowest BCUT2D eigenvalue weighted by Crippen LogP contribution is -2.23. The molecular formula is C11H22O. The molecule has 0 heterocycles. The summed E-state index contributed by atoms with van der Waals surface area (Å²) in [6.45, 7) is 10.6. The second-order valence-electron chi connectivity index (χ2n) is 3.72. The van der Waals surface area contributed by atoms with E-state index in [1.165, 1.54) is 6.42 Å². The van der Waals surface area contributed by atoms with Crippen molar-refractivity contribution >= 4 is 0 Å². The van der Waals surface area contributed by atoms with Gasteiger partial charge in [0.05, 0.1) is 5.76 Å². The highest BCUT2D eigenvalue weighted by Gasteiger charge is 2.18. The van der Waals surface area contributed by atoms with Crippen molar-refractivity contribution in [2.75, 3.05) is 0 Å². The Bertz CT molecular complexity index is 145. The number of hydrogen-bond acceptors (Lipinski definition) is 1. The van der Waals surface area contributed by atoms with Crippen molar-refractivity contribution in [3.63, 3.8) is 0 Å². The standard InChI is InChI=1S/C11H22O/c1-6-9-11(4,5)12-10(7-2)8-3/h7H,6,8-9H2,1-5H3. The summed E-state index contributed by atoms with van der Waals surface area (Å²) in [6.07, 6.45) is 5.33. The van der Waals surface area contributed by atoms with Gasteiger partial charge in [0, 0.05) is 6.42 Å². The second-order valence-corrected chi connectivity index (χ2v) is 3.72. The van der Waals surface area contributed by atoms with Crippen molar-refractivity contribution in [3.05, 3.63) is 11.8 Å². The van der Waals surface area contributed by atoms with E-state index in [1.807, 2.05) is 6.92 Å². The van der Waals surface area contributed by atoms with Gasteiger partial charge >= 0.3 is 0 Å². The van der Waals surface area contributed by atoms with Gasteiger partial charge < -0.3 is 4.74 Å². The quantitative estimate of drug-likeness (QED) is 0.569. The maximum atomic E-state index is 5.84. The molecule has 0 aliphatic rings. The van der Waals surface area contributed by atoms with Crippen LogP contribution in [0.3, 0.4) is 0 Å². The Hall–Kier alpha value is -0.460. The van der Waals surface area contributed by atoms with Gasteiger partial charge in [-0.25, -0.2) is 0 Å². The van der Waals surface area contributed by atoms with Crippen LogP contribution in [0, 0.1) is 0 Å². The minimum atomic E-state index is 0.00655. The molecule has 0 saturated heterocycles. The fourth-order valence-corrected chi connectivity index (χ4v) is 1.34. The highest BCUT2D eigenvalue weighted by atomic mass is 16.5. The van der Waals surface area contributed by atoms with Crippen molar-refractivity contribution in [2.45, 2.75) is 59.5 Å². The van der Waals surface area contributed by atoms with Crippen LogP contribution < -0.4 is 0 Å².